The molecular weight excluding hydrogens is 379 g/mol. The third-order valence-corrected chi connectivity index (χ3v) is 4.88. The van der Waals surface area contributed by atoms with Gasteiger partial charge in [0.25, 0.3) is 0 Å². The Kier molecular flexibility index (Phi) is 3.46. The Bertz CT molecular complexity index is 1020. The summed E-state index contributed by atoms with van der Waals surface area (Å²) in [5, 5.41) is 4.42. The van der Waals surface area contributed by atoms with Crippen LogP contribution in [0, 0.1) is 5.82 Å². The molecule has 0 saturated heterocycles. The molecule has 0 spiro atoms. The van der Waals surface area contributed by atoms with Gasteiger partial charge in [-0.25, -0.2) is 14.4 Å². The normalized spacial score (nSPS) is 11.3. The molecule has 0 atom stereocenters. The largest absolute Gasteiger partial charge is 0.274 e. The summed E-state index contributed by atoms with van der Waals surface area (Å²) in [7, 11) is 1.82. The van der Waals surface area contributed by atoms with E-state index in [4.69, 9.17) is 0 Å². The third-order valence-electron chi connectivity index (χ3n) is 3.46. The minimum Gasteiger partial charge on any atom is -0.274 e. The van der Waals surface area contributed by atoms with Gasteiger partial charge in [-0.3, -0.25) is 4.68 Å². The SMILES string of the molecule is Cn1cc(-c2ccc3nc(Br)sc3n2)c(-c2ccccc2F)n1. The van der Waals surface area contributed by atoms with Crippen molar-refractivity contribution in [2.45, 2.75) is 0 Å². The number of halogens is 2. The number of aryl methyl sites for hydroxylation is 1. The Hall–Kier alpha value is -2.12. The first-order valence-corrected chi connectivity index (χ1v) is 8.45. The molecule has 0 saturated carbocycles. The molecule has 0 aliphatic rings. The van der Waals surface area contributed by atoms with Crippen molar-refractivity contribution in [3.05, 3.63) is 52.3 Å². The molecule has 0 fully saturated rings. The first-order valence-electron chi connectivity index (χ1n) is 6.84. The van der Waals surface area contributed by atoms with Crippen molar-refractivity contribution < 1.29 is 4.39 Å². The topological polar surface area (TPSA) is 43.6 Å². The van der Waals surface area contributed by atoms with Gasteiger partial charge in [0.1, 0.15) is 21.9 Å². The first-order chi connectivity index (χ1) is 11.1. The van der Waals surface area contributed by atoms with Crippen molar-refractivity contribution in [2.24, 2.45) is 7.05 Å². The van der Waals surface area contributed by atoms with Crippen LogP contribution in [0.4, 0.5) is 4.39 Å². The van der Waals surface area contributed by atoms with Gasteiger partial charge in [-0.1, -0.05) is 23.5 Å². The van der Waals surface area contributed by atoms with Crippen molar-refractivity contribution in [2.75, 3.05) is 0 Å². The van der Waals surface area contributed by atoms with Crippen LogP contribution in [-0.2, 0) is 7.05 Å². The summed E-state index contributed by atoms with van der Waals surface area (Å²) < 4.78 is 16.6. The molecule has 4 aromatic rings. The molecular formula is C16H10BrFN4S. The van der Waals surface area contributed by atoms with Gasteiger partial charge in [0.15, 0.2) is 3.92 Å². The van der Waals surface area contributed by atoms with Crippen LogP contribution in [0.2, 0.25) is 0 Å². The summed E-state index contributed by atoms with van der Waals surface area (Å²) in [6.45, 7) is 0. The van der Waals surface area contributed by atoms with Crippen molar-refractivity contribution in [1.82, 2.24) is 19.7 Å². The predicted octanol–water partition coefficient (Wildman–Crippen LogP) is 4.66. The Morgan fingerprint density at radius 2 is 1.91 bits per heavy atom. The van der Waals surface area contributed by atoms with Crippen molar-refractivity contribution in [3.63, 3.8) is 0 Å². The first kappa shape index (κ1) is 14.5. The standard InChI is InChI=1S/C16H10BrFN4S/c1-22-8-10(14(21-22)9-4-2-3-5-11(9)18)12-6-7-13-15(19-12)23-16(17)20-13/h2-8H,1H3. The van der Waals surface area contributed by atoms with E-state index >= 15 is 0 Å². The molecule has 0 bridgehead atoms. The summed E-state index contributed by atoms with van der Waals surface area (Å²) in [4.78, 5) is 9.82. The van der Waals surface area contributed by atoms with Crippen molar-refractivity contribution >= 4 is 37.6 Å². The van der Waals surface area contributed by atoms with Crippen LogP contribution in [0.3, 0.4) is 0 Å². The number of pyridine rings is 1. The van der Waals surface area contributed by atoms with E-state index in [1.807, 2.05) is 25.4 Å². The van der Waals surface area contributed by atoms with Crippen molar-refractivity contribution in [3.8, 4) is 22.5 Å². The fourth-order valence-electron chi connectivity index (χ4n) is 2.47. The van der Waals surface area contributed by atoms with Crippen LogP contribution in [0.5, 0.6) is 0 Å². The number of thiazole rings is 1. The number of hydrogen-bond acceptors (Lipinski definition) is 4. The van der Waals surface area contributed by atoms with Crippen LogP contribution in [0.25, 0.3) is 32.9 Å². The van der Waals surface area contributed by atoms with Gasteiger partial charge in [0.2, 0.25) is 0 Å². The average molecular weight is 389 g/mol. The van der Waals surface area contributed by atoms with E-state index in [-0.39, 0.29) is 5.82 Å². The Balaban J connectivity index is 1.93. The monoisotopic (exact) mass is 388 g/mol. The van der Waals surface area contributed by atoms with Crippen LogP contribution >= 0.6 is 27.3 Å². The molecule has 7 heteroatoms. The maximum Gasteiger partial charge on any atom is 0.161 e. The predicted molar refractivity (Wildman–Crippen MR) is 92.7 cm³/mol. The van der Waals surface area contributed by atoms with E-state index in [0.29, 0.717) is 11.3 Å². The lowest BCUT2D eigenvalue weighted by molar-refractivity contribution is 0.630. The van der Waals surface area contributed by atoms with Crippen LogP contribution in [0.15, 0.2) is 46.5 Å². The maximum absolute atomic E-state index is 14.2. The molecule has 0 amide bonds. The Labute approximate surface area is 143 Å². The van der Waals surface area contributed by atoms with Gasteiger partial charge in [0.05, 0.1) is 5.69 Å². The van der Waals surface area contributed by atoms with Gasteiger partial charge >= 0.3 is 0 Å². The van der Waals surface area contributed by atoms with E-state index in [0.717, 1.165) is 25.5 Å². The van der Waals surface area contributed by atoms with E-state index in [1.54, 1.807) is 22.9 Å². The smallest absolute Gasteiger partial charge is 0.161 e. The molecule has 3 heterocycles. The van der Waals surface area contributed by atoms with Gasteiger partial charge < -0.3 is 0 Å². The molecule has 0 N–H and O–H groups in total. The fraction of sp³-hybridized carbons (Fsp3) is 0.0625. The van der Waals surface area contributed by atoms with Crippen LogP contribution in [0.1, 0.15) is 0 Å². The molecule has 0 unspecified atom stereocenters. The molecule has 114 valence electrons. The zero-order valence-electron chi connectivity index (χ0n) is 12.0. The molecule has 1 aromatic carbocycles. The third kappa shape index (κ3) is 2.55. The molecule has 0 radical (unpaired) electrons. The number of rotatable bonds is 2. The zero-order valence-corrected chi connectivity index (χ0v) is 14.4. The fourth-order valence-corrected chi connectivity index (χ4v) is 3.79. The minimum atomic E-state index is -0.297. The summed E-state index contributed by atoms with van der Waals surface area (Å²) in [6, 6.07) is 10.4. The van der Waals surface area contributed by atoms with E-state index in [2.05, 4.69) is 31.0 Å². The highest BCUT2D eigenvalue weighted by molar-refractivity contribution is 9.11. The molecule has 0 aliphatic heterocycles. The molecule has 0 aliphatic carbocycles. The number of aromatic nitrogens is 4. The average Bonchev–Trinajstić information content (AvgIpc) is 3.08. The lowest BCUT2D eigenvalue weighted by Gasteiger charge is -2.03. The van der Waals surface area contributed by atoms with Crippen LogP contribution in [-0.4, -0.2) is 19.7 Å². The van der Waals surface area contributed by atoms with E-state index in [1.165, 1.54) is 17.4 Å². The summed E-state index contributed by atoms with van der Waals surface area (Å²) >= 11 is 4.84. The van der Waals surface area contributed by atoms with Crippen molar-refractivity contribution in [1.29, 1.82) is 0 Å². The second-order valence-electron chi connectivity index (χ2n) is 5.03. The quantitative estimate of drug-likeness (QED) is 0.501. The maximum atomic E-state index is 14.2. The highest BCUT2D eigenvalue weighted by Gasteiger charge is 2.17. The molecule has 4 rings (SSSR count). The minimum absolute atomic E-state index is 0.297. The second kappa shape index (κ2) is 5.50. The highest BCUT2D eigenvalue weighted by Crippen LogP contribution is 2.33. The highest BCUT2D eigenvalue weighted by atomic mass is 79.9. The number of fused-ring (bicyclic) bond motifs is 1. The zero-order chi connectivity index (χ0) is 16.0. The lowest BCUT2D eigenvalue weighted by atomic mass is 10.1. The Morgan fingerprint density at radius 3 is 2.74 bits per heavy atom. The summed E-state index contributed by atoms with van der Waals surface area (Å²) in [5.41, 5.74) is 3.43. The number of benzene rings is 1. The summed E-state index contributed by atoms with van der Waals surface area (Å²) in [5.74, 6) is -0.297. The lowest BCUT2D eigenvalue weighted by Crippen LogP contribution is -1.90. The van der Waals surface area contributed by atoms with Gasteiger partial charge in [-0.05, 0) is 40.2 Å². The molecule has 23 heavy (non-hydrogen) atoms. The van der Waals surface area contributed by atoms with Gasteiger partial charge in [-0.15, -0.1) is 0 Å². The summed E-state index contributed by atoms with van der Waals surface area (Å²) in [6.07, 6.45) is 1.85. The molecule has 3 aromatic heterocycles. The van der Waals surface area contributed by atoms with Gasteiger partial charge in [-0.2, -0.15) is 5.10 Å². The van der Waals surface area contributed by atoms with E-state index in [9.17, 15) is 4.39 Å². The Morgan fingerprint density at radius 1 is 1.09 bits per heavy atom. The van der Waals surface area contributed by atoms with Crippen LogP contribution < -0.4 is 0 Å². The van der Waals surface area contributed by atoms with Gasteiger partial charge in [0, 0.05) is 24.4 Å². The van der Waals surface area contributed by atoms with E-state index < -0.39 is 0 Å². The number of hydrogen-bond donors (Lipinski definition) is 0. The second-order valence-corrected chi connectivity index (χ2v) is 7.29. The number of nitrogens with zero attached hydrogens (tertiary/aromatic N) is 4. The molecule has 4 nitrogen and oxygen atoms in total.